The molecule has 2 aliphatic rings. The number of carbonyl (C=O) groups is 1. The van der Waals surface area contributed by atoms with Crippen molar-refractivity contribution in [1.29, 1.82) is 0 Å². The fourth-order valence-corrected chi connectivity index (χ4v) is 3.76. The Morgan fingerprint density at radius 1 is 1.14 bits per heavy atom. The highest BCUT2D eigenvalue weighted by Gasteiger charge is 2.40. The average molecular weight is 291 g/mol. The molecule has 1 aromatic carbocycles. The number of hydrogen-bond donors (Lipinski definition) is 3. The van der Waals surface area contributed by atoms with Gasteiger partial charge in [-0.15, -0.1) is 0 Å². The number of amides is 1. The molecule has 0 aromatic heterocycles. The molecule has 0 spiro atoms. The number of phenols is 2. The molecular weight excluding hydrogens is 270 g/mol. The van der Waals surface area contributed by atoms with Gasteiger partial charge in [0, 0.05) is 24.6 Å². The monoisotopic (exact) mass is 291 g/mol. The van der Waals surface area contributed by atoms with Gasteiger partial charge in [-0.1, -0.05) is 6.42 Å². The van der Waals surface area contributed by atoms with Crippen LogP contribution in [-0.2, 0) is 0 Å². The van der Waals surface area contributed by atoms with Crippen LogP contribution in [-0.4, -0.2) is 44.8 Å². The molecule has 1 amide bonds. The van der Waals surface area contributed by atoms with Crippen molar-refractivity contribution < 1.29 is 20.1 Å². The van der Waals surface area contributed by atoms with E-state index in [1.165, 1.54) is 18.2 Å². The van der Waals surface area contributed by atoms with Crippen LogP contribution in [0.25, 0.3) is 0 Å². The van der Waals surface area contributed by atoms with Gasteiger partial charge in [-0.25, -0.2) is 0 Å². The Kier molecular flexibility index (Phi) is 3.76. The van der Waals surface area contributed by atoms with Crippen LogP contribution in [0.3, 0.4) is 0 Å². The quantitative estimate of drug-likeness (QED) is 0.777. The van der Waals surface area contributed by atoms with Crippen LogP contribution in [0, 0.1) is 5.92 Å². The summed E-state index contributed by atoms with van der Waals surface area (Å²) < 4.78 is 0. The van der Waals surface area contributed by atoms with Crippen LogP contribution >= 0.6 is 0 Å². The molecule has 1 saturated carbocycles. The first-order chi connectivity index (χ1) is 10.1. The third-order valence-corrected chi connectivity index (χ3v) is 4.80. The molecule has 1 aliphatic carbocycles. The lowest BCUT2D eigenvalue weighted by Gasteiger charge is -2.31. The SMILES string of the molecule is O=C(c1ccc(O)cc1O)N1CCCC1C1CCCC1O. The molecule has 3 N–H and O–H groups in total. The van der Waals surface area contributed by atoms with E-state index < -0.39 is 0 Å². The van der Waals surface area contributed by atoms with Crippen LogP contribution in [0.15, 0.2) is 18.2 Å². The Morgan fingerprint density at radius 2 is 1.95 bits per heavy atom. The van der Waals surface area contributed by atoms with Crippen molar-refractivity contribution in [3.8, 4) is 11.5 Å². The number of aliphatic hydroxyl groups excluding tert-OH is 1. The molecule has 5 nitrogen and oxygen atoms in total. The lowest BCUT2D eigenvalue weighted by Crippen LogP contribution is -2.42. The Hall–Kier alpha value is -1.75. The summed E-state index contributed by atoms with van der Waals surface area (Å²) in [4.78, 5) is 14.4. The topological polar surface area (TPSA) is 81.0 Å². The zero-order valence-electron chi connectivity index (χ0n) is 11.9. The lowest BCUT2D eigenvalue weighted by molar-refractivity contribution is 0.0525. The van der Waals surface area contributed by atoms with Crippen molar-refractivity contribution in [2.24, 2.45) is 5.92 Å². The molecular formula is C16H21NO4. The molecule has 3 unspecified atom stereocenters. The van der Waals surface area contributed by atoms with Crippen molar-refractivity contribution in [2.75, 3.05) is 6.54 Å². The number of benzene rings is 1. The average Bonchev–Trinajstić information content (AvgIpc) is 3.06. The second kappa shape index (κ2) is 5.56. The number of hydrogen-bond acceptors (Lipinski definition) is 4. The van der Waals surface area contributed by atoms with Gasteiger partial charge in [-0.3, -0.25) is 4.79 Å². The third-order valence-electron chi connectivity index (χ3n) is 4.80. The number of carbonyl (C=O) groups excluding carboxylic acids is 1. The Bertz CT molecular complexity index is 545. The highest BCUT2D eigenvalue weighted by molar-refractivity contribution is 5.97. The van der Waals surface area contributed by atoms with Gasteiger partial charge in [0.15, 0.2) is 0 Å². The fourth-order valence-electron chi connectivity index (χ4n) is 3.76. The Balaban J connectivity index is 1.82. The summed E-state index contributed by atoms with van der Waals surface area (Å²) in [6, 6.07) is 4.10. The summed E-state index contributed by atoms with van der Waals surface area (Å²) in [6.07, 6.45) is 4.29. The smallest absolute Gasteiger partial charge is 0.257 e. The van der Waals surface area contributed by atoms with Crippen molar-refractivity contribution in [2.45, 2.75) is 44.2 Å². The third kappa shape index (κ3) is 2.58. The normalized spacial score (nSPS) is 29.0. The van der Waals surface area contributed by atoms with Gasteiger partial charge in [-0.2, -0.15) is 0 Å². The van der Waals surface area contributed by atoms with E-state index in [9.17, 15) is 20.1 Å². The van der Waals surface area contributed by atoms with Gasteiger partial charge < -0.3 is 20.2 Å². The summed E-state index contributed by atoms with van der Waals surface area (Å²) in [5.74, 6) is -0.323. The minimum atomic E-state index is -0.322. The first kappa shape index (κ1) is 14.2. The molecule has 1 heterocycles. The van der Waals surface area contributed by atoms with Gasteiger partial charge in [0.05, 0.1) is 11.7 Å². The largest absolute Gasteiger partial charge is 0.508 e. The van der Waals surface area contributed by atoms with Crippen LogP contribution in [0.1, 0.15) is 42.5 Å². The highest BCUT2D eigenvalue weighted by atomic mass is 16.3. The summed E-state index contributed by atoms with van der Waals surface area (Å²) in [5.41, 5.74) is 0.215. The van der Waals surface area contributed by atoms with Crippen molar-refractivity contribution in [1.82, 2.24) is 4.90 Å². The summed E-state index contributed by atoms with van der Waals surface area (Å²) in [6.45, 7) is 0.660. The van der Waals surface area contributed by atoms with E-state index in [2.05, 4.69) is 0 Å². The number of likely N-dealkylation sites (tertiary alicyclic amines) is 1. The van der Waals surface area contributed by atoms with Gasteiger partial charge in [0.1, 0.15) is 11.5 Å². The van der Waals surface area contributed by atoms with Gasteiger partial charge in [0.2, 0.25) is 0 Å². The van der Waals surface area contributed by atoms with Crippen LogP contribution in [0.4, 0.5) is 0 Å². The predicted molar refractivity (Wildman–Crippen MR) is 77.2 cm³/mol. The van der Waals surface area contributed by atoms with E-state index in [4.69, 9.17) is 0 Å². The number of aliphatic hydroxyl groups is 1. The second-order valence-corrected chi connectivity index (χ2v) is 6.07. The molecule has 0 radical (unpaired) electrons. The van der Waals surface area contributed by atoms with E-state index in [-0.39, 0.29) is 41.0 Å². The standard InChI is InChI=1S/C16H21NO4/c18-10-6-7-12(15(20)9-10)16(21)17-8-2-4-13(17)11-3-1-5-14(11)19/h6-7,9,11,13-14,18-20H,1-5,8H2. The molecule has 3 rings (SSSR count). The summed E-state index contributed by atoms with van der Waals surface area (Å²) in [5, 5.41) is 29.3. The van der Waals surface area contributed by atoms with Crippen molar-refractivity contribution in [3.05, 3.63) is 23.8 Å². The molecule has 5 heteroatoms. The number of phenolic OH excluding ortho intramolecular Hbond substituents is 2. The van der Waals surface area contributed by atoms with Crippen LogP contribution in [0.5, 0.6) is 11.5 Å². The second-order valence-electron chi connectivity index (χ2n) is 6.07. The maximum absolute atomic E-state index is 12.7. The molecule has 1 saturated heterocycles. The first-order valence-corrected chi connectivity index (χ1v) is 7.59. The zero-order valence-corrected chi connectivity index (χ0v) is 11.9. The van der Waals surface area contributed by atoms with E-state index in [0.29, 0.717) is 6.54 Å². The van der Waals surface area contributed by atoms with E-state index in [1.54, 1.807) is 4.90 Å². The van der Waals surface area contributed by atoms with Crippen molar-refractivity contribution in [3.63, 3.8) is 0 Å². The maximum Gasteiger partial charge on any atom is 0.257 e. The maximum atomic E-state index is 12.7. The van der Waals surface area contributed by atoms with Gasteiger partial charge >= 0.3 is 0 Å². The molecule has 3 atom stereocenters. The minimum absolute atomic E-state index is 0.0585. The van der Waals surface area contributed by atoms with E-state index >= 15 is 0 Å². The molecule has 2 fully saturated rings. The van der Waals surface area contributed by atoms with Crippen LogP contribution < -0.4 is 0 Å². The van der Waals surface area contributed by atoms with Gasteiger partial charge in [0.25, 0.3) is 5.91 Å². The minimum Gasteiger partial charge on any atom is -0.508 e. The number of nitrogens with zero attached hydrogens (tertiary/aromatic N) is 1. The van der Waals surface area contributed by atoms with Crippen LogP contribution in [0.2, 0.25) is 0 Å². The fraction of sp³-hybridized carbons (Fsp3) is 0.562. The zero-order chi connectivity index (χ0) is 15.0. The van der Waals surface area contributed by atoms with Gasteiger partial charge in [-0.05, 0) is 37.8 Å². The number of rotatable bonds is 2. The predicted octanol–water partition coefficient (Wildman–Crippen LogP) is 1.86. The number of aromatic hydroxyl groups is 2. The Labute approximate surface area is 123 Å². The molecule has 0 bridgehead atoms. The Morgan fingerprint density at radius 3 is 2.62 bits per heavy atom. The highest BCUT2D eigenvalue weighted by Crippen LogP contribution is 2.37. The van der Waals surface area contributed by atoms with Crippen molar-refractivity contribution >= 4 is 5.91 Å². The summed E-state index contributed by atoms with van der Waals surface area (Å²) >= 11 is 0. The summed E-state index contributed by atoms with van der Waals surface area (Å²) in [7, 11) is 0. The molecule has 114 valence electrons. The first-order valence-electron chi connectivity index (χ1n) is 7.59. The van der Waals surface area contributed by atoms with E-state index in [1.807, 2.05) is 0 Å². The van der Waals surface area contributed by atoms with E-state index in [0.717, 1.165) is 32.1 Å². The lowest BCUT2D eigenvalue weighted by atomic mass is 9.93. The molecule has 1 aliphatic heterocycles. The molecule has 1 aromatic rings. The molecule has 21 heavy (non-hydrogen) atoms.